The van der Waals surface area contributed by atoms with Crippen LogP contribution < -0.4 is 0 Å². The molecular formula is C7H18N2Si. The van der Waals surface area contributed by atoms with Gasteiger partial charge in [0, 0.05) is 50.3 Å². The van der Waals surface area contributed by atoms with Crippen LogP contribution in [0.25, 0.3) is 0 Å². The largest absolute Gasteiger partial charge is 0.382 e. The Hall–Kier alpha value is -0.443. The average molecular weight is 158 g/mol. The van der Waals surface area contributed by atoms with E-state index in [1.54, 1.807) is 0 Å². The third kappa shape index (κ3) is 3.56. The highest BCUT2D eigenvalue weighted by Crippen LogP contribution is 2.02. The zero-order valence-electron chi connectivity index (χ0n) is 7.68. The lowest BCUT2D eigenvalue weighted by Gasteiger charge is -2.18. The lowest BCUT2D eigenvalue weighted by atomic mass is 10.5. The molecule has 0 atom stereocenters. The molecule has 0 amide bonds. The second kappa shape index (κ2) is 4.38. The van der Waals surface area contributed by atoms with E-state index in [9.17, 15) is 0 Å². The van der Waals surface area contributed by atoms with E-state index >= 15 is 0 Å². The Kier molecular flexibility index (Phi) is 4.19. The van der Waals surface area contributed by atoms with Gasteiger partial charge in [-0.3, -0.25) is 0 Å². The molecule has 60 valence electrons. The van der Waals surface area contributed by atoms with Crippen molar-refractivity contribution in [1.82, 2.24) is 9.80 Å². The summed E-state index contributed by atoms with van der Waals surface area (Å²) in [5, 5.41) is 0. The smallest absolute Gasteiger partial charge is 0.0253 e. The molecule has 0 aromatic heterocycles. The third-order valence-corrected chi connectivity index (χ3v) is 2.07. The molecule has 0 radical (unpaired) electrons. The highest BCUT2D eigenvalue weighted by Gasteiger charge is 1.94. The molecule has 0 aliphatic carbocycles. The molecule has 0 aromatic carbocycles. The van der Waals surface area contributed by atoms with Crippen LogP contribution in [0.5, 0.6) is 0 Å². The Bertz CT molecular complexity index is 119. The SMILES string of the molecule is CN(C)C=C(C[SiH3])N(C)C. The zero-order chi connectivity index (χ0) is 8.15. The Labute approximate surface area is 66.9 Å². The highest BCUT2D eigenvalue weighted by atomic mass is 28.1. The average Bonchev–Trinajstić information content (AvgIpc) is 1.81. The van der Waals surface area contributed by atoms with E-state index in [0.29, 0.717) is 0 Å². The summed E-state index contributed by atoms with van der Waals surface area (Å²) in [7, 11) is 9.53. The fourth-order valence-corrected chi connectivity index (χ4v) is 1.64. The monoisotopic (exact) mass is 158 g/mol. The van der Waals surface area contributed by atoms with Gasteiger partial charge in [0.2, 0.25) is 0 Å². The molecule has 0 aliphatic heterocycles. The normalized spacial score (nSPS) is 11.8. The van der Waals surface area contributed by atoms with E-state index in [1.165, 1.54) is 22.0 Å². The predicted octanol–water partition coefficient (Wildman–Crippen LogP) is -0.265. The first kappa shape index (κ1) is 9.56. The molecule has 3 heteroatoms. The summed E-state index contributed by atoms with van der Waals surface area (Å²) in [6.07, 6.45) is 2.17. The van der Waals surface area contributed by atoms with Crippen LogP contribution in [0.2, 0.25) is 6.04 Å². The van der Waals surface area contributed by atoms with E-state index in [0.717, 1.165) is 0 Å². The minimum absolute atomic E-state index is 1.23. The van der Waals surface area contributed by atoms with Gasteiger partial charge in [-0.2, -0.15) is 0 Å². The maximum atomic E-state index is 2.17. The molecule has 0 aromatic rings. The second-order valence-electron chi connectivity index (χ2n) is 2.83. The van der Waals surface area contributed by atoms with Gasteiger partial charge in [-0.05, 0) is 6.04 Å². The van der Waals surface area contributed by atoms with Gasteiger partial charge in [0.15, 0.2) is 0 Å². The van der Waals surface area contributed by atoms with Gasteiger partial charge in [-0.15, -0.1) is 0 Å². The first-order chi connectivity index (χ1) is 4.57. The second-order valence-corrected chi connectivity index (χ2v) is 3.54. The predicted molar refractivity (Wildman–Crippen MR) is 50.2 cm³/mol. The number of allylic oxidation sites excluding steroid dienone is 1. The van der Waals surface area contributed by atoms with E-state index in [1.807, 2.05) is 0 Å². The molecule has 0 heterocycles. The highest BCUT2D eigenvalue weighted by molar-refractivity contribution is 6.10. The molecule has 0 spiro atoms. The van der Waals surface area contributed by atoms with Crippen molar-refractivity contribution < 1.29 is 0 Å². The van der Waals surface area contributed by atoms with Crippen molar-refractivity contribution >= 4 is 10.2 Å². The van der Waals surface area contributed by atoms with E-state index in [-0.39, 0.29) is 0 Å². The minimum Gasteiger partial charge on any atom is -0.382 e. The molecular weight excluding hydrogens is 140 g/mol. The summed E-state index contributed by atoms with van der Waals surface area (Å²) < 4.78 is 0. The molecule has 0 rings (SSSR count). The fourth-order valence-electron chi connectivity index (χ4n) is 0.821. The molecule has 0 N–H and O–H groups in total. The number of rotatable bonds is 3. The standard InChI is InChI=1S/C7H18N2Si/c1-8(2)5-7(6-10)9(3)4/h5H,6H2,1-4,10H3. The zero-order valence-corrected chi connectivity index (χ0v) is 9.68. The lowest BCUT2D eigenvalue weighted by Crippen LogP contribution is -2.14. The summed E-state index contributed by atoms with van der Waals surface area (Å²) in [6.45, 7) is 0. The Morgan fingerprint density at radius 2 is 1.80 bits per heavy atom. The third-order valence-electron chi connectivity index (χ3n) is 1.34. The Morgan fingerprint density at radius 1 is 1.30 bits per heavy atom. The van der Waals surface area contributed by atoms with Crippen molar-refractivity contribution in [3.63, 3.8) is 0 Å². The van der Waals surface area contributed by atoms with Crippen LogP contribution in [0.3, 0.4) is 0 Å². The lowest BCUT2D eigenvalue weighted by molar-refractivity contribution is 0.474. The quantitative estimate of drug-likeness (QED) is 0.522. The Morgan fingerprint density at radius 3 is 1.90 bits per heavy atom. The van der Waals surface area contributed by atoms with Crippen molar-refractivity contribution in [2.75, 3.05) is 28.2 Å². The fraction of sp³-hybridized carbons (Fsp3) is 0.714. The van der Waals surface area contributed by atoms with Gasteiger partial charge in [0.1, 0.15) is 0 Å². The van der Waals surface area contributed by atoms with Gasteiger partial charge >= 0.3 is 0 Å². The molecule has 0 saturated carbocycles. The van der Waals surface area contributed by atoms with Crippen molar-refractivity contribution in [2.24, 2.45) is 0 Å². The van der Waals surface area contributed by atoms with E-state index < -0.39 is 0 Å². The van der Waals surface area contributed by atoms with Crippen molar-refractivity contribution in [1.29, 1.82) is 0 Å². The minimum atomic E-state index is 1.23. The summed E-state index contributed by atoms with van der Waals surface area (Å²) in [5.41, 5.74) is 1.41. The summed E-state index contributed by atoms with van der Waals surface area (Å²) >= 11 is 0. The summed E-state index contributed by atoms with van der Waals surface area (Å²) in [5.74, 6) is 0. The van der Waals surface area contributed by atoms with Crippen LogP contribution in [0.15, 0.2) is 11.9 Å². The summed E-state index contributed by atoms with van der Waals surface area (Å²) in [4.78, 5) is 4.26. The van der Waals surface area contributed by atoms with Gasteiger partial charge in [0.25, 0.3) is 0 Å². The van der Waals surface area contributed by atoms with E-state index in [4.69, 9.17) is 0 Å². The maximum Gasteiger partial charge on any atom is 0.0253 e. The summed E-state index contributed by atoms with van der Waals surface area (Å²) in [6, 6.07) is 1.23. The Balaban J connectivity index is 4.04. The van der Waals surface area contributed by atoms with Crippen molar-refractivity contribution in [3.05, 3.63) is 11.9 Å². The van der Waals surface area contributed by atoms with Crippen LogP contribution in [-0.4, -0.2) is 48.2 Å². The molecule has 0 bridgehead atoms. The van der Waals surface area contributed by atoms with Gasteiger partial charge in [0.05, 0.1) is 0 Å². The van der Waals surface area contributed by atoms with Crippen molar-refractivity contribution in [2.45, 2.75) is 6.04 Å². The van der Waals surface area contributed by atoms with Gasteiger partial charge in [-0.1, -0.05) is 0 Å². The first-order valence-electron chi connectivity index (χ1n) is 3.62. The molecule has 0 unspecified atom stereocenters. The van der Waals surface area contributed by atoms with Crippen LogP contribution in [0.4, 0.5) is 0 Å². The molecule has 0 aliphatic rings. The molecule has 0 saturated heterocycles. The molecule has 2 nitrogen and oxygen atoms in total. The first-order valence-corrected chi connectivity index (χ1v) is 5.03. The van der Waals surface area contributed by atoms with E-state index in [2.05, 4.69) is 44.2 Å². The molecule has 10 heavy (non-hydrogen) atoms. The van der Waals surface area contributed by atoms with Crippen LogP contribution in [-0.2, 0) is 0 Å². The maximum absolute atomic E-state index is 2.17. The number of nitrogens with zero attached hydrogens (tertiary/aromatic N) is 2. The van der Waals surface area contributed by atoms with Crippen molar-refractivity contribution in [3.8, 4) is 0 Å². The van der Waals surface area contributed by atoms with Gasteiger partial charge < -0.3 is 9.80 Å². The number of hydrogen-bond acceptors (Lipinski definition) is 2. The topological polar surface area (TPSA) is 6.48 Å². The van der Waals surface area contributed by atoms with Gasteiger partial charge in [-0.25, -0.2) is 0 Å². The number of hydrogen-bond donors (Lipinski definition) is 0. The van der Waals surface area contributed by atoms with Crippen LogP contribution in [0.1, 0.15) is 0 Å². The van der Waals surface area contributed by atoms with Crippen LogP contribution >= 0.6 is 0 Å². The molecule has 0 fully saturated rings. The van der Waals surface area contributed by atoms with Crippen LogP contribution in [0, 0.1) is 0 Å².